The number of furan rings is 1. The summed E-state index contributed by atoms with van der Waals surface area (Å²) in [5.41, 5.74) is 10.3. The second-order valence-corrected chi connectivity index (χ2v) is 13.4. The number of thiophene rings is 1. The summed E-state index contributed by atoms with van der Waals surface area (Å²) in [7, 11) is 0. The van der Waals surface area contributed by atoms with Gasteiger partial charge in [0, 0.05) is 65.0 Å². The van der Waals surface area contributed by atoms with Crippen molar-refractivity contribution in [1.29, 1.82) is 0 Å². The van der Waals surface area contributed by atoms with Crippen LogP contribution in [-0.2, 0) is 0 Å². The highest BCUT2D eigenvalue weighted by atomic mass is 32.1. The Hall–Kier alpha value is -6.43. The summed E-state index contributed by atoms with van der Waals surface area (Å²) < 4.78 is 9.29. The Morgan fingerprint density at radius 1 is 0.440 bits per heavy atom. The van der Waals surface area contributed by atoms with E-state index in [4.69, 9.17) is 14.4 Å². The molecule has 4 heterocycles. The zero-order chi connectivity index (χ0) is 33.0. The number of hydrogen-bond acceptors (Lipinski definition) is 5. The van der Waals surface area contributed by atoms with Crippen LogP contribution in [-0.4, -0.2) is 15.0 Å². The lowest BCUT2D eigenvalue weighted by Crippen LogP contribution is -1.98. The number of benzene rings is 6. The van der Waals surface area contributed by atoms with Crippen LogP contribution in [0.3, 0.4) is 0 Å². The Kier molecular flexibility index (Phi) is 6.64. The molecule has 0 amide bonds. The van der Waals surface area contributed by atoms with Gasteiger partial charge in [-0.1, -0.05) is 103 Å². The number of hydrogen-bond donors (Lipinski definition) is 0. The van der Waals surface area contributed by atoms with Gasteiger partial charge in [0.1, 0.15) is 11.2 Å². The molecule has 0 saturated heterocycles. The molecule has 0 aliphatic rings. The number of nitrogens with zero attached hydrogens (tertiary/aromatic N) is 3. The second kappa shape index (κ2) is 11.6. The van der Waals surface area contributed by atoms with Crippen molar-refractivity contribution in [3.63, 3.8) is 0 Å². The van der Waals surface area contributed by atoms with Crippen LogP contribution in [0.4, 0.5) is 0 Å². The lowest BCUT2D eigenvalue weighted by atomic mass is 9.96. The summed E-state index contributed by atoms with van der Waals surface area (Å²) in [5.74, 6) is 0.638. The molecule has 0 unspecified atom stereocenters. The van der Waals surface area contributed by atoms with Gasteiger partial charge in [-0.15, -0.1) is 11.3 Å². The number of fused-ring (bicyclic) bond motifs is 6. The Morgan fingerprint density at radius 2 is 1.14 bits per heavy atom. The lowest BCUT2D eigenvalue weighted by molar-refractivity contribution is 0.670. The van der Waals surface area contributed by atoms with E-state index in [1.165, 1.54) is 20.2 Å². The number of para-hydroxylation sites is 1. The zero-order valence-corrected chi connectivity index (χ0v) is 27.6. The Labute approximate surface area is 292 Å². The summed E-state index contributed by atoms with van der Waals surface area (Å²) >= 11 is 1.83. The molecule has 6 aromatic carbocycles. The van der Waals surface area contributed by atoms with Crippen molar-refractivity contribution in [3.05, 3.63) is 164 Å². The van der Waals surface area contributed by atoms with Gasteiger partial charge in [-0.2, -0.15) is 0 Å². The van der Waals surface area contributed by atoms with Gasteiger partial charge in [0.05, 0.1) is 17.1 Å². The van der Waals surface area contributed by atoms with Gasteiger partial charge < -0.3 is 4.42 Å². The van der Waals surface area contributed by atoms with Crippen molar-refractivity contribution in [1.82, 2.24) is 15.0 Å². The predicted octanol–water partition coefficient (Wildman–Crippen LogP) is 12.5. The van der Waals surface area contributed by atoms with E-state index in [0.29, 0.717) is 5.82 Å². The summed E-state index contributed by atoms with van der Waals surface area (Å²) in [6, 6.07) is 54.6. The molecule has 234 valence electrons. The maximum atomic E-state index is 6.73. The van der Waals surface area contributed by atoms with Gasteiger partial charge in [-0.3, -0.25) is 4.98 Å². The summed E-state index contributed by atoms with van der Waals surface area (Å²) in [6.07, 6.45) is 1.83. The first-order valence-electron chi connectivity index (χ1n) is 16.6. The number of rotatable bonds is 5. The highest BCUT2D eigenvalue weighted by Gasteiger charge is 2.21. The van der Waals surface area contributed by atoms with Gasteiger partial charge in [-0.05, 0) is 60.2 Å². The third kappa shape index (κ3) is 4.71. The number of pyridine rings is 1. The van der Waals surface area contributed by atoms with Crippen LogP contribution >= 0.6 is 11.3 Å². The van der Waals surface area contributed by atoms with E-state index in [1.54, 1.807) is 0 Å². The van der Waals surface area contributed by atoms with Gasteiger partial charge in [-0.25, -0.2) is 9.97 Å². The molecule has 0 radical (unpaired) electrons. The standard InChI is InChI=1S/C45H27N3OS/c1-2-12-28(13-3-1)38-27-39(32-15-5-4-14-31(32)37-18-10-11-25-46-37)48-45(47-38)35-23-22-30(44-43(35)34-17-6-8-19-40(34)49-44)29-21-24-42-36(26-29)33-16-7-9-20-41(33)50-42/h1-27H. The average Bonchev–Trinajstić information content (AvgIpc) is 3.77. The van der Waals surface area contributed by atoms with E-state index in [2.05, 4.69) is 108 Å². The Morgan fingerprint density at radius 3 is 2.00 bits per heavy atom. The molecule has 0 fully saturated rings. The van der Waals surface area contributed by atoms with E-state index in [9.17, 15) is 0 Å². The van der Waals surface area contributed by atoms with Crippen LogP contribution in [0, 0.1) is 0 Å². The summed E-state index contributed by atoms with van der Waals surface area (Å²) in [4.78, 5) is 15.2. The topological polar surface area (TPSA) is 51.8 Å². The largest absolute Gasteiger partial charge is 0.455 e. The molecular weight excluding hydrogens is 631 g/mol. The molecule has 5 heteroatoms. The van der Waals surface area contributed by atoms with Gasteiger partial charge in [0.2, 0.25) is 0 Å². The Bertz CT molecular complexity index is 2870. The number of aromatic nitrogens is 3. The molecular formula is C45H27N3OS. The molecule has 10 aromatic rings. The molecule has 10 rings (SSSR count). The van der Waals surface area contributed by atoms with E-state index >= 15 is 0 Å². The first-order chi connectivity index (χ1) is 24.8. The molecule has 4 aromatic heterocycles. The van der Waals surface area contributed by atoms with Crippen molar-refractivity contribution in [2.75, 3.05) is 0 Å². The third-order valence-corrected chi connectivity index (χ3v) is 10.5. The van der Waals surface area contributed by atoms with Gasteiger partial charge in [0.15, 0.2) is 5.82 Å². The smallest absolute Gasteiger partial charge is 0.161 e. The summed E-state index contributed by atoms with van der Waals surface area (Å²) in [6.45, 7) is 0. The normalized spacial score (nSPS) is 11.6. The average molecular weight is 658 g/mol. The highest BCUT2D eigenvalue weighted by molar-refractivity contribution is 7.25. The first-order valence-corrected chi connectivity index (χ1v) is 17.4. The van der Waals surface area contributed by atoms with Crippen molar-refractivity contribution >= 4 is 53.4 Å². The SMILES string of the molecule is c1ccc(-c2cc(-c3ccccc3-c3ccccn3)nc(-c3ccc(-c4ccc5sc6ccccc6c5c4)c4oc5ccccc5c34)n2)cc1. The van der Waals surface area contributed by atoms with Crippen molar-refractivity contribution < 1.29 is 4.42 Å². The fourth-order valence-corrected chi connectivity index (χ4v) is 8.14. The fraction of sp³-hybridized carbons (Fsp3) is 0. The van der Waals surface area contributed by atoms with Crippen LogP contribution in [0.2, 0.25) is 0 Å². The minimum atomic E-state index is 0.638. The molecule has 4 nitrogen and oxygen atoms in total. The maximum Gasteiger partial charge on any atom is 0.161 e. The van der Waals surface area contributed by atoms with Crippen LogP contribution in [0.25, 0.3) is 98.4 Å². The minimum Gasteiger partial charge on any atom is -0.455 e. The molecule has 0 spiro atoms. The molecule has 0 atom stereocenters. The second-order valence-electron chi connectivity index (χ2n) is 12.4. The third-order valence-electron chi connectivity index (χ3n) is 9.39. The van der Waals surface area contributed by atoms with E-state index in [0.717, 1.165) is 72.4 Å². The maximum absolute atomic E-state index is 6.73. The van der Waals surface area contributed by atoms with Crippen molar-refractivity contribution in [3.8, 4) is 56.3 Å². The lowest BCUT2D eigenvalue weighted by Gasteiger charge is -2.13. The van der Waals surface area contributed by atoms with Gasteiger partial charge in [0.25, 0.3) is 0 Å². The minimum absolute atomic E-state index is 0.638. The van der Waals surface area contributed by atoms with Crippen LogP contribution in [0.15, 0.2) is 168 Å². The van der Waals surface area contributed by atoms with Crippen LogP contribution in [0.1, 0.15) is 0 Å². The van der Waals surface area contributed by atoms with Crippen molar-refractivity contribution in [2.45, 2.75) is 0 Å². The predicted molar refractivity (Wildman–Crippen MR) is 207 cm³/mol. The van der Waals surface area contributed by atoms with E-state index < -0.39 is 0 Å². The molecule has 0 aliphatic carbocycles. The first kappa shape index (κ1) is 28.6. The zero-order valence-electron chi connectivity index (χ0n) is 26.7. The Balaban J connectivity index is 1.23. The quantitative estimate of drug-likeness (QED) is 0.185. The molecule has 0 saturated carbocycles. The summed E-state index contributed by atoms with van der Waals surface area (Å²) in [5, 5.41) is 4.57. The van der Waals surface area contributed by atoms with Crippen LogP contribution < -0.4 is 0 Å². The van der Waals surface area contributed by atoms with Crippen LogP contribution in [0.5, 0.6) is 0 Å². The molecule has 0 bridgehead atoms. The highest BCUT2D eigenvalue weighted by Crippen LogP contribution is 2.44. The van der Waals surface area contributed by atoms with E-state index in [1.807, 2.05) is 72.1 Å². The van der Waals surface area contributed by atoms with E-state index in [-0.39, 0.29) is 0 Å². The molecule has 0 aliphatic heterocycles. The molecule has 50 heavy (non-hydrogen) atoms. The fourth-order valence-electron chi connectivity index (χ4n) is 7.05. The van der Waals surface area contributed by atoms with Crippen molar-refractivity contribution in [2.24, 2.45) is 0 Å². The van der Waals surface area contributed by atoms with Gasteiger partial charge >= 0.3 is 0 Å². The molecule has 0 N–H and O–H groups in total. The monoisotopic (exact) mass is 657 g/mol.